The van der Waals surface area contributed by atoms with Gasteiger partial charge in [0.2, 0.25) is 0 Å². The Hall–Kier alpha value is -1.54. The van der Waals surface area contributed by atoms with E-state index in [1.54, 1.807) is 0 Å². The van der Waals surface area contributed by atoms with Gasteiger partial charge in [0.25, 0.3) is 0 Å². The number of rotatable bonds is 3. The number of benzene rings is 1. The van der Waals surface area contributed by atoms with E-state index in [9.17, 15) is 0 Å². The van der Waals surface area contributed by atoms with Crippen molar-refractivity contribution >= 4 is 23.1 Å². The minimum atomic E-state index is -0.0347. The van der Waals surface area contributed by atoms with Crippen LogP contribution in [0.15, 0.2) is 42.6 Å². The Morgan fingerprint density at radius 1 is 1.10 bits per heavy atom. The van der Waals surface area contributed by atoms with Crippen LogP contribution in [0.4, 0.5) is 11.5 Å². The van der Waals surface area contributed by atoms with E-state index < -0.39 is 0 Å². The predicted molar refractivity (Wildman–Crippen MR) is 86.9 cm³/mol. The van der Waals surface area contributed by atoms with Gasteiger partial charge in [0.1, 0.15) is 5.82 Å². The van der Waals surface area contributed by atoms with Crippen molar-refractivity contribution in [3.8, 4) is 0 Å². The van der Waals surface area contributed by atoms with Gasteiger partial charge in [-0.05, 0) is 35.6 Å². The highest BCUT2D eigenvalue weighted by Crippen LogP contribution is 2.29. The number of anilines is 2. The van der Waals surface area contributed by atoms with Crippen LogP contribution in [0.2, 0.25) is 0 Å². The van der Waals surface area contributed by atoms with E-state index in [1.165, 1.54) is 5.56 Å². The van der Waals surface area contributed by atoms with Crippen molar-refractivity contribution in [2.24, 2.45) is 0 Å². The summed E-state index contributed by atoms with van der Waals surface area (Å²) in [4.78, 5) is 4.49. The second-order valence-electron chi connectivity index (χ2n) is 6.01. The quantitative estimate of drug-likeness (QED) is 0.763. The smallest absolute Gasteiger partial charge is 0.130 e. The minimum Gasteiger partial charge on any atom is -0.340 e. The molecule has 0 aliphatic heterocycles. The molecule has 0 bridgehead atoms. The van der Waals surface area contributed by atoms with Gasteiger partial charge in [-0.1, -0.05) is 45.0 Å². The van der Waals surface area contributed by atoms with Gasteiger partial charge in [-0.15, -0.1) is 11.6 Å². The van der Waals surface area contributed by atoms with E-state index in [1.807, 2.05) is 43.5 Å². The molecular formula is C17H21ClN2. The molecule has 0 saturated carbocycles. The molecule has 0 saturated heterocycles. The summed E-state index contributed by atoms with van der Waals surface area (Å²) in [6.07, 6.45) is 1.93. The van der Waals surface area contributed by atoms with Crippen molar-refractivity contribution in [2.45, 2.75) is 38.5 Å². The molecule has 0 aliphatic carbocycles. The second kappa shape index (κ2) is 5.84. The lowest BCUT2D eigenvalue weighted by molar-refractivity contribution is 0.587. The first-order valence-corrected chi connectivity index (χ1v) is 7.28. The Morgan fingerprint density at radius 3 is 2.35 bits per heavy atom. The van der Waals surface area contributed by atoms with Gasteiger partial charge in [-0.2, -0.15) is 0 Å². The van der Waals surface area contributed by atoms with Crippen molar-refractivity contribution in [2.75, 3.05) is 5.32 Å². The van der Waals surface area contributed by atoms with Crippen LogP contribution in [0.5, 0.6) is 0 Å². The minimum absolute atomic E-state index is 0.0347. The fraction of sp³-hybridized carbons (Fsp3) is 0.353. The number of halogens is 1. The lowest BCUT2D eigenvalue weighted by Crippen LogP contribution is -2.11. The van der Waals surface area contributed by atoms with E-state index in [-0.39, 0.29) is 10.8 Å². The molecule has 1 atom stereocenters. The van der Waals surface area contributed by atoms with Gasteiger partial charge in [-0.3, -0.25) is 0 Å². The molecule has 1 aromatic heterocycles. The molecule has 2 aromatic rings. The molecule has 0 spiro atoms. The molecule has 0 radical (unpaired) electrons. The van der Waals surface area contributed by atoms with Crippen molar-refractivity contribution in [1.82, 2.24) is 4.98 Å². The summed E-state index contributed by atoms with van der Waals surface area (Å²) in [5.41, 5.74) is 3.43. The fourth-order valence-electron chi connectivity index (χ4n) is 2.01. The lowest BCUT2D eigenvalue weighted by Gasteiger charge is -2.19. The molecule has 2 nitrogen and oxygen atoms in total. The van der Waals surface area contributed by atoms with Crippen LogP contribution in [0, 0.1) is 0 Å². The number of hydrogen-bond acceptors (Lipinski definition) is 2. The first kappa shape index (κ1) is 14.9. The normalized spacial score (nSPS) is 13.1. The third-order valence-corrected chi connectivity index (χ3v) is 3.52. The second-order valence-corrected chi connectivity index (χ2v) is 6.67. The number of nitrogens with zero attached hydrogens (tertiary/aromatic N) is 1. The van der Waals surface area contributed by atoms with Crippen LogP contribution < -0.4 is 5.32 Å². The van der Waals surface area contributed by atoms with Crippen LogP contribution in [0.3, 0.4) is 0 Å². The van der Waals surface area contributed by atoms with Crippen molar-refractivity contribution < 1.29 is 0 Å². The SMILES string of the molecule is CC(Cl)c1ccccc1Nc1ccc(C(C)(C)C)cn1. The zero-order valence-electron chi connectivity index (χ0n) is 12.4. The molecule has 2 rings (SSSR count). The van der Waals surface area contributed by atoms with Crippen molar-refractivity contribution in [3.05, 3.63) is 53.7 Å². The summed E-state index contributed by atoms with van der Waals surface area (Å²) in [5.74, 6) is 0.836. The van der Waals surface area contributed by atoms with Gasteiger partial charge < -0.3 is 5.32 Å². The Labute approximate surface area is 126 Å². The van der Waals surface area contributed by atoms with Gasteiger partial charge in [-0.25, -0.2) is 4.98 Å². The summed E-state index contributed by atoms with van der Waals surface area (Å²) in [6.45, 7) is 8.52. The first-order valence-electron chi connectivity index (χ1n) is 6.84. The molecule has 20 heavy (non-hydrogen) atoms. The highest BCUT2D eigenvalue weighted by Gasteiger charge is 2.14. The molecule has 1 aromatic carbocycles. The molecule has 3 heteroatoms. The van der Waals surface area contributed by atoms with E-state index in [0.717, 1.165) is 17.1 Å². The largest absolute Gasteiger partial charge is 0.340 e. The van der Waals surface area contributed by atoms with Gasteiger partial charge in [0.05, 0.1) is 5.38 Å². The molecular weight excluding hydrogens is 268 g/mol. The van der Waals surface area contributed by atoms with E-state index >= 15 is 0 Å². The Balaban J connectivity index is 2.23. The summed E-state index contributed by atoms with van der Waals surface area (Å²) in [6, 6.07) is 12.2. The van der Waals surface area contributed by atoms with E-state index in [4.69, 9.17) is 11.6 Å². The number of aromatic nitrogens is 1. The van der Waals surface area contributed by atoms with E-state index in [0.29, 0.717) is 0 Å². The van der Waals surface area contributed by atoms with Crippen molar-refractivity contribution in [1.29, 1.82) is 0 Å². The molecule has 1 unspecified atom stereocenters. The highest BCUT2D eigenvalue weighted by molar-refractivity contribution is 6.21. The van der Waals surface area contributed by atoms with Crippen LogP contribution in [0.1, 0.15) is 44.2 Å². The molecule has 0 fully saturated rings. The zero-order chi connectivity index (χ0) is 14.8. The lowest BCUT2D eigenvalue weighted by atomic mass is 9.88. The van der Waals surface area contributed by atoms with Crippen LogP contribution in [-0.4, -0.2) is 4.98 Å². The fourth-order valence-corrected chi connectivity index (χ4v) is 2.20. The van der Waals surface area contributed by atoms with Gasteiger partial charge in [0, 0.05) is 11.9 Å². The summed E-state index contributed by atoms with van der Waals surface area (Å²) < 4.78 is 0. The standard InChI is InChI=1S/C17H21ClN2/c1-12(18)14-7-5-6-8-15(14)20-16-10-9-13(11-19-16)17(2,3)4/h5-12H,1-4H3,(H,19,20). The maximum atomic E-state index is 6.20. The Kier molecular flexibility index (Phi) is 4.34. The predicted octanol–water partition coefficient (Wildman–Crippen LogP) is 5.42. The summed E-state index contributed by atoms with van der Waals surface area (Å²) in [7, 11) is 0. The maximum Gasteiger partial charge on any atom is 0.130 e. The first-order chi connectivity index (χ1) is 9.38. The number of pyridine rings is 1. The van der Waals surface area contributed by atoms with Gasteiger partial charge in [0.15, 0.2) is 0 Å². The molecule has 106 valence electrons. The third-order valence-electron chi connectivity index (χ3n) is 3.28. The zero-order valence-corrected chi connectivity index (χ0v) is 13.2. The van der Waals surface area contributed by atoms with Crippen molar-refractivity contribution in [3.63, 3.8) is 0 Å². The molecule has 0 amide bonds. The van der Waals surface area contributed by atoms with Gasteiger partial charge >= 0.3 is 0 Å². The highest BCUT2D eigenvalue weighted by atomic mass is 35.5. The maximum absolute atomic E-state index is 6.20. The number of hydrogen-bond donors (Lipinski definition) is 1. The Bertz CT molecular complexity index is 568. The third kappa shape index (κ3) is 3.51. The summed E-state index contributed by atoms with van der Waals surface area (Å²) >= 11 is 6.20. The monoisotopic (exact) mass is 288 g/mol. The number of nitrogens with one attached hydrogen (secondary N) is 1. The summed E-state index contributed by atoms with van der Waals surface area (Å²) in [5, 5.41) is 3.30. The van der Waals surface area contributed by atoms with Crippen LogP contribution in [0.25, 0.3) is 0 Å². The average Bonchev–Trinajstić information content (AvgIpc) is 2.38. The van der Waals surface area contributed by atoms with Crippen LogP contribution in [-0.2, 0) is 5.41 Å². The molecule has 1 heterocycles. The van der Waals surface area contributed by atoms with E-state index in [2.05, 4.69) is 37.1 Å². The number of alkyl halides is 1. The number of para-hydroxylation sites is 1. The Morgan fingerprint density at radius 2 is 1.80 bits per heavy atom. The molecule has 1 N–H and O–H groups in total. The van der Waals surface area contributed by atoms with Crippen LogP contribution >= 0.6 is 11.6 Å². The molecule has 0 aliphatic rings. The average molecular weight is 289 g/mol. The topological polar surface area (TPSA) is 24.9 Å².